The first kappa shape index (κ1) is 22.4. The van der Waals surface area contributed by atoms with Gasteiger partial charge in [0.1, 0.15) is 4.90 Å². The monoisotopic (exact) mass is 464 g/mol. The molecule has 0 aliphatic heterocycles. The van der Waals surface area contributed by atoms with Crippen LogP contribution in [0.15, 0.2) is 88.9 Å². The molecule has 4 rings (SSSR count). The molecule has 0 spiro atoms. The van der Waals surface area contributed by atoms with E-state index < -0.39 is 20.5 Å². The normalized spacial score (nSPS) is 11.3. The molecule has 6 nitrogen and oxygen atoms in total. The fourth-order valence-electron chi connectivity index (χ4n) is 3.39. The van der Waals surface area contributed by atoms with E-state index in [1.807, 2.05) is 12.1 Å². The molecule has 0 radical (unpaired) electrons. The predicted molar refractivity (Wildman–Crippen MR) is 122 cm³/mol. The highest BCUT2D eigenvalue weighted by Crippen LogP contribution is 2.29. The van der Waals surface area contributed by atoms with Crippen LogP contribution in [-0.2, 0) is 16.4 Å². The second-order valence-electron chi connectivity index (χ2n) is 7.27. The molecular weight excluding hydrogens is 443 g/mol. The van der Waals surface area contributed by atoms with Crippen LogP contribution in [0.25, 0.3) is 10.8 Å². The highest BCUT2D eigenvalue weighted by atomic mass is 32.2. The zero-order valence-electron chi connectivity index (χ0n) is 17.8. The lowest BCUT2D eigenvalue weighted by Crippen LogP contribution is -2.22. The summed E-state index contributed by atoms with van der Waals surface area (Å²) in [5.41, 5.74) is 1.20. The fraction of sp³-hybridized carbons (Fsp3) is 0.120. The van der Waals surface area contributed by atoms with Crippen LogP contribution in [0.5, 0.6) is 5.75 Å². The summed E-state index contributed by atoms with van der Waals surface area (Å²) < 4.78 is 45.6. The Morgan fingerprint density at radius 1 is 1.03 bits per heavy atom. The van der Waals surface area contributed by atoms with E-state index in [1.165, 1.54) is 30.3 Å². The average molecular weight is 465 g/mol. The lowest BCUT2D eigenvalue weighted by Gasteiger charge is -2.11. The van der Waals surface area contributed by atoms with Crippen molar-refractivity contribution in [3.63, 3.8) is 0 Å². The van der Waals surface area contributed by atoms with Crippen LogP contribution in [0.2, 0.25) is 0 Å². The maximum Gasteiger partial charge on any atom is 0.251 e. The Labute approximate surface area is 191 Å². The third-order valence-corrected chi connectivity index (χ3v) is 6.89. The minimum absolute atomic E-state index is 0.0489. The van der Waals surface area contributed by atoms with Crippen molar-refractivity contribution in [3.8, 4) is 5.75 Å². The number of carbonyl (C=O) groups is 1. The predicted octanol–water partition coefficient (Wildman–Crippen LogP) is 4.54. The van der Waals surface area contributed by atoms with E-state index in [2.05, 4.69) is 10.3 Å². The van der Waals surface area contributed by atoms with Crippen LogP contribution in [-0.4, -0.2) is 25.9 Å². The van der Waals surface area contributed by atoms with Crippen molar-refractivity contribution >= 4 is 26.5 Å². The molecule has 0 saturated carbocycles. The molecule has 1 N–H and O–H groups in total. The summed E-state index contributed by atoms with van der Waals surface area (Å²) in [6.07, 6.45) is 3.38. The summed E-state index contributed by atoms with van der Waals surface area (Å²) >= 11 is 0. The van der Waals surface area contributed by atoms with Crippen molar-refractivity contribution in [1.29, 1.82) is 0 Å². The summed E-state index contributed by atoms with van der Waals surface area (Å²) in [7, 11) is -4.07. The topological polar surface area (TPSA) is 85.4 Å². The van der Waals surface area contributed by atoms with Gasteiger partial charge in [0.05, 0.1) is 11.5 Å². The molecule has 0 atom stereocenters. The molecule has 4 aromatic rings. The number of hydrogen-bond donors (Lipinski definition) is 1. The molecule has 1 amide bonds. The number of sulfone groups is 1. The van der Waals surface area contributed by atoms with Gasteiger partial charge in [-0.15, -0.1) is 0 Å². The number of nitrogens with one attached hydrogen (secondary N) is 1. The lowest BCUT2D eigenvalue weighted by atomic mass is 10.1. The van der Waals surface area contributed by atoms with Crippen LogP contribution in [0.1, 0.15) is 22.8 Å². The molecule has 0 unspecified atom stereocenters. The molecule has 168 valence electrons. The molecular formula is C25H21FN2O4S. The number of ether oxygens (including phenoxy) is 1. The van der Waals surface area contributed by atoms with E-state index in [4.69, 9.17) is 4.74 Å². The second kappa shape index (κ2) is 9.38. The Balaban J connectivity index is 1.48. The van der Waals surface area contributed by atoms with Crippen molar-refractivity contribution in [1.82, 2.24) is 10.3 Å². The Hall–Kier alpha value is -3.78. The largest absolute Gasteiger partial charge is 0.491 e. The summed E-state index contributed by atoms with van der Waals surface area (Å²) in [6, 6.07) is 17.2. The Kier molecular flexibility index (Phi) is 6.37. The molecule has 3 aromatic carbocycles. The highest BCUT2D eigenvalue weighted by Gasteiger charge is 2.24. The minimum Gasteiger partial charge on any atom is -0.491 e. The zero-order chi connectivity index (χ0) is 23.4. The number of halogens is 1. The van der Waals surface area contributed by atoms with Crippen molar-refractivity contribution in [3.05, 3.63) is 96.1 Å². The number of nitrogens with zero attached hydrogens (tertiary/aromatic N) is 1. The van der Waals surface area contributed by atoms with Gasteiger partial charge in [-0.05, 0) is 60.3 Å². The smallest absolute Gasteiger partial charge is 0.251 e. The highest BCUT2D eigenvalue weighted by molar-refractivity contribution is 7.91. The molecule has 0 aliphatic carbocycles. The van der Waals surface area contributed by atoms with E-state index in [9.17, 15) is 17.6 Å². The number of carbonyl (C=O) groups excluding carboxylic acids is 1. The van der Waals surface area contributed by atoms with Gasteiger partial charge in [-0.2, -0.15) is 0 Å². The van der Waals surface area contributed by atoms with E-state index in [0.717, 1.165) is 10.8 Å². The molecule has 33 heavy (non-hydrogen) atoms. The number of hydrogen-bond acceptors (Lipinski definition) is 5. The maximum absolute atomic E-state index is 14.6. The molecule has 8 heteroatoms. The minimum atomic E-state index is -4.07. The molecule has 1 aromatic heterocycles. The van der Waals surface area contributed by atoms with Gasteiger partial charge in [-0.1, -0.05) is 24.3 Å². The number of pyridine rings is 1. The van der Waals surface area contributed by atoms with Gasteiger partial charge in [0.15, 0.2) is 11.6 Å². The number of rotatable bonds is 7. The summed E-state index contributed by atoms with van der Waals surface area (Å²) in [4.78, 5) is 16.1. The van der Waals surface area contributed by atoms with Gasteiger partial charge in [-0.25, -0.2) is 12.8 Å². The third-order valence-electron chi connectivity index (χ3n) is 5.11. The van der Waals surface area contributed by atoms with Crippen LogP contribution >= 0.6 is 0 Å². The van der Waals surface area contributed by atoms with Gasteiger partial charge >= 0.3 is 0 Å². The van der Waals surface area contributed by atoms with Gasteiger partial charge in [-0.3, -0.25) is 9.78 Å². The molecule has 0 fully saturated rings. The van der Waals surface area contributed by atoms with Crippen LogP contribution in [0.3, 0.4) is 0 Å². The SMILES string of the molecule is CCOc1cccc(S(=O)(=O)c2ccc(CNC(=O)c3ccc4ccncc4c3)cc2)c1F. The summed E-state index contributed by atoms with van der Waals surface area (Å²) in [5.74, 6) is -1.28. The van der Waals surface area contributed by atoms with E-state index in [1.54, 1.807) is 43.6 Å². The first-order chi connectivity index (χ1) is 15.9. The van der Waals surface area contributed by atoms with Crippen LogP contribution in [0, 0.1) is 5.82 Å². The molecule has 0 aliphatic rings. The Morgan fingerprint density at radius 2 is 1.82 bits per heavy atom. The van der Waals surface area contributed by atoms with Gasteiger partial charge in [0, 0.05) is 29.9 Å². The fourth-order valence-corrected chi connectivity index (χ4v) is 4.73. The Morgan fingerprint density at radius 3 is 2.58 bits per heavy atom. The Bertz CT molecular complexity index is 1420. The zero-order valence-corrected chi connectivity index (χ0v) is 18.6. The maximum atomic E-state index is 14.6. The number of amides is 1. The quantitative estimate of drug-likeness (QED) is 0.434. The summed E-state index contributed by atoms with van der Waals surface area (Å²) in [6.45, 7) is 2.12. The average Bonchev–Trinajstić information content (AvgIpc) is 2.83. The van der Waals surface area contributed by atoms with E-state index in [-0.39, 0.29) is 29.7 Å². The van der Waals surface area contributed by atoms with Crippen LogP contribution < -0.4 is 10.1 Å². The number of fused-ring (bicyclic) bond motifs is 1. The standard InChI is InChI=1S/C25H21FN2O4S/c1-2-32-22-4-3-5-23(24(22)26)33(30,31)21-10-6-17(7-11-21)15-28-25(29)19-9-8-18-12-13-27-16-20(18)14-19/h3-14,16H,2,15H2,1H3,(H,28,29). The van der Waals surface area contributed by atoms with E-state index >= 15 is 0 Å². The molecule has 0 bridgehead atoms. The first-order valence-corrected chi connectivity index (χ1v) is 11.8. The van der Waals surface area contributed by atoms with Crippen molar-refractivity contribution in [2.24, 2.45) is 0 Å². The molecule has 1 heterocycles. The first-order valence-electron chi connectivity index (χ1n) is 10.3. The lowest BCUT2D eigenvalue weighted by molar-refractivity contribution is 0.0951. The van der Waals surface area contributed by atoms with Gasteiger partial charge in [0.25, 0.3) is 5.91 Å². The van der Waals surface area contributed by atoms with Crippen LogP contribution in [0.4, 0.5) is 4.39 Å². The van der Waals surface area contributed by atoms with Crippen molar-refractivity contribution in [2.45, 2.75) is 23.3 Å². The van der Waals surface area contributed by atoms with Gasteiger partial charge < -0.3 is 10.1 Å². The number of benzene rings is 3. The molecule has 0 saturated heterocycles. The van der Waals surface area contributed by atoms with Gasteiger partial charge in [0.2, 0.25) is 9.84 Å². The summed E-state index contributed by atoms with van der Waals surface area (Å²) in [5, 5.41) is 4.66. The van der Waals surface area contributed by atoms with E-state index in [0.29, 0.717) is 11.1 Å². The second-order valence-corrected chi connectivity index (χ2v) is 9.19. The third kappa shape index (κ3) is 4.70. The number of aromatic nitrogens is 1. The van der Waals surface area contributed by atoms with Crippen molar-refractivity contribution in [2.75, 3.05) is 6.61 Å². The van der Waals surface area contributed by atoms with Crippen molar-refractivity contribution < 1.29 is 22.3 Å².